The lowest BCUT2D eigenvalue weighted by molar-refractivity contribution is 0.0697. The van der Waals surface area contributed by atoms with E-state index in [-0.39, 0.29) is 5.56 Å². The van der Waals surface area contributed by atoms with E-state index in [4.69, 9.17) is 9.84 Å². The highest BCUT2D eigenvalue weighted by atomic mass is 16.5. The molecule has 0 saturated heterocycles. The highest BCUT2D eigenvalue weighted by Crippen LogP contribution is 2.35. The quantitative estimate of drug-likeness (QED) is 0.873. The minimum Gasteiger partial charge on any atom is -0.478 e. The summed E-state index contributed by atoms with van der Waals surface area (Å²) in [7, 11) is 0. The van der Waals surface area contributed by atoms with E-state index in [1.807, 2.05) is 12.1 Å². The van der Waals surface area contributed by atoms with E-state index < -0.39 is 5.97 Å². The molecule has 0 bridgehead atoms. The first kappa shape index (κ1) is 13.7. The largest absolute Gasteiger partial charge is 0.478 e. The average molecular weight is 282 g/mol. The molecule has 108 valence electrons. The summed E-state index contributed by atoms with van der Waals surface area (Å²) in [5.74, 6) is 1.20. The van der Waals surface area contributed by atoms with Crippen molar-refractivity contribution < 1.29 is 14.6 Å². The monoisotopic (exact) mass is 282 g/mol. The predicted molar refractivity (Wildman–Crippen MR) is 81.1 cm³/mol. The van der Waals surface area contributed by atoms with E-state index in [1.165, 1.54) is 31.2 Å². The Morgan fingerprint density at radius 2 is 1.43 bits per heavy atom. The van der Waals surface area contributed by atoms with Gasteiger partial charge in [-0.3, -0.25) is 0 Å². The highest BCUT2D eigenvalue weighted by Gasteiger charge is 2.16. The number of aromatic carboxylic acids is 1. The van der Waals surface area contributed by atoms with Crippen molar-refractivity contribution in [1.29, 1.82) is 0 Å². The van der Waals surface area contributed by atoms with Gasteiger partial charge in [-0.05, 0) is 60.7 Å². The second-order valence-electron chi connectivity index (χ2n) is 5.48. The van der Waals surface area contributed by atoms with Gasteiger partial charge in [-0.2, -0.15) is 0 Å². The molecule has 0 unspecified atom stereocenters. The third-order valence-electron chi connectivity index (χ3n) is 4.04. The molecule has 1 aliphatic rings. The first-order valence-electron chi connectivity index (χ1n) is 7.33. The number of benzene rings is 2. The van der Waals surface area contributed by atoms with Crippen molar-refractivity contribution in [2.45, 2.75) is 31.6 Å². The second kappa shape index (κ2) is 6.00. The van der Waals surface area contributed by atoms with Crippen LogP contribution in [0.15, 0.2) is 48.5 Å². The molecule has 1 saturated carbocycles. The molecule has 3 heteroatoms. The minimum atomic E-state index is -0.928. The van der Waals surface area contributed by atoms with Crippen molar-refractivity contribution in [2.75, 3.05) is 0 Å². The molecule has 1 fully saturated rings. The van der Waals surface area contributed by atoms with Gasteiger partial charge in [0.25, 0.3) is 0 Å². The normalized spacial score (nSPS) is 15.0. The van der Waals surface area contributed by atoms with E-state index in [0.29, 0.717) is 11.7 Å². The molecule has 0 heterocycles. The van der Waals surface area contributed by atoms with E-state index in [9.17, 15) is 4.79 Å². The molecule has 3 nitrogen and oxygen atoms in total. The van der Waals surface area contributed by atoms with Gasteiger partial charge in [-0.15, -0.1) is 0 Å². The number of hydrogen-bond donors (Lipinski definition) is 1. The zero-order valence-corrected chi connectivity index (χ0v) is 11.8. The van der Waals surface area contributed by atoms with Crippen molar-refractivity contribution in [3.63, 3.8) is 0 Å². The summed E-state index contributed by atoms with van der Waals surface area (Å²) in [6, 6.07) is 14.7. The molecule has 2 aromatic rings. The summed E-state index contributed by atoms with van der Waals surface area (Å²) < 4.78 is 5.74. The number of carboxylic acids is 1. The molecule has 3 rings (SSSR count). The van der Waals surface area contributed by atoms with Crippen LogP contribution in [0.4, 0.5) is 0 Å². The number of carbonyl (C=O) groups is 1. The molecule has 1 aliphatic carbocycles. The topological polar surface area (TPSA) is 46.5 Å². The summed E-state index contributed by atoms with van der Waals surface area (Å²) >= 11 is 0. The van der Waals surface area contributed by atoms with Crippen LogP contribution in [0.3, 0.4) is 0 Å². The lowest BCUT2D eigenvalue weighted by Crippen LogP contribution is -1.95. The van der Waals surface area contributed by atoms with Gasteiger partial charge < -0.3 is 9.84 Å². The lowest BCUT2D eigenvalue weighted by atomic mass is 9.98. The fourth-order valence-electron chi connectivity index (χ4n) is 2.87. The zero-order chi connectivity index (χ0) is 14.7. The van der Waals surface area contributed by atoms with Crippen LogP contribution >= 0.6 is 0 Å². The van der Waals surface area contributed by atoms with Crippen molar-refractivity contribution in [3.8, 4) is 11.5 Å². The molecule has 0 atom stereocenters. The molecular formula is C18H18O3. The maximum atomic E-state index is 10.8. The minimum absolute atomic E-state index is 0.263. The third-order valence-corrected chi connectivity index (χ3v) is 4.04. The van der Waals surface area contributed by atoms with Gasteiger partial charge in [0.05, 0.1) is 5.56 Å². The first-order chi connectivity index (χ1) is 10.2. The fourth-order valence-corrected chi connectivity index (χ4v) is 2.87. The van der Waals surface area contributed by atoms with Gasteiger partial charge in [0.2, 0.25) is 0 Å². The number of carboxylic acid groups (broad SMARTS) is 1. The van der Waals surface area contributed by atoms with Gasteiger partial charge in [0, 0.05) is 0 Å². The van der Waals surface area contributed by atoms with Crippen molar-refractivity contribution in [3.05, 3.63) is 59.7 Å². The van der Waals surface area contributed by atoms with Crippen molar-refractivity contribution in [2.24, 2.45) is 0 Å². The Kier molecular flexibility index (Phi) is 3.91. The van der Waals surface area contributed by atoms with E-state index in [0.717, 1.165) is 5.75 Å². The summed E-state index contributed by atoms with van der Waals surface area (Å²) in [6.45, 7) is 0. The van der Waals surface area contributed by atoms with Crippen LogP contribution in [0.25, 0.3) is 0 Å². The standard InChI is InChI=1S/C18H18O3/c19-18(20)15-7-11-17(12-8-15)21-16-9-5-14(6-10-16)13-3-1-2-4-13/h5-13H,1-4H2,(H,19,20). The molecule has 0 aliphatic heterocycles. The SMILES string of the molecule is O=C(O)c1ccc(Oc2ccc(C3CCCC3)cc2)cc1. The van der Waals surface area contributed by atoms with Crippen LogP contribution in [0, 0.1) is 0 Å². The number of ether oxygens (including phenoxy) is 1. The molecule has 1 N–H and O–H groups in total. The third kappa shape index (κ3) is 3.24. The molecule has 0 radical (unpaired) electrons. The summed E-state index contributed by atoms with van der Waals surface area (Å²) in [5, 5.41) is 8.86. The fraction of sp³-hybridized carbons (Fsp3) is 0.278. The van der Waals surface area contributed by atoms with Crippen LogP contribution in [-0.4, -0.2) is 11.1 Å². The summed E-state index contributed by atoms with van der Waals surface area (Å²) in [4.78, 5) is 10.8. The smallest absolute Gasteiger partial charge is 0.335 e. The Balaban J connectivity index is 1.68. The Morgan fingerprint density at radius 3 is 1.95 bits per heavy atom. The Hall–Kier alpha value is -2.29. The van der Waals surface area contributed by atoms with Crippen molar-refractivity contribution >= 4 is 5.97 Å². The number of rotatable bonds is 4. The van der Waals surface area contributed by atoms with E-state index >= 15 is 0 Å². The molecule has 2 aromatic carbocycles. The first-order valence-corrected chi connectivity index (χ1v) is 7.33. The Morgan fingerprint density at radius 1 is 0.905 bits per heavy atom. The molecule has 0 aromatic heterocycles. The van der Waals surface area contributed by atoms with Gasteiger partial charge in [-0.25, -0.2) is 4.79 Å². The van der Waals surface area contributed by atoms with Gasteiger partial charge in [-0.1, -0.05) is 25.0 Å². The molecule has 21 heavy (non-hydrogen) atoms. The van der Waals surface area contributed by atoms with Gasteiger partial charge in [0.15, 0.2) is 0 Å². The second-order valence-corrected chi connectivity index (χ2v) is 5.48. The van der Waals surface area contributed by atoms with Crippen LogP contribution < -0.4 is 4.74 Å². The lowest BCUT2D eigenvalue weighted by Gasteiger charge is -2.11. The van der Waals surface area contributed by atoms with E-state index in [2.05, 4.69) is 12.1 Å². The summed E-state index contributed by atoms with van der Waals surface area (Å²) in [5.41, 5.74) is 1.65. The maximum Gasteiger partial charge on any atom is 0.335 e. The van der Waals surface area contributed by atoms with E-state index in [1.54, 1.807) is 24.3 Å². The number of hydrogen-bond acceptors (Lipinski definition) is 2. The van der Waals surface area contributed by atoms with Crippen LogP contribution in [-0.2, 0) is 0 Å². The Labute approximate surface area is 124 Å². The van der Waals surface area contributed by atoms with Gasteiger partial charge >= 0.3 is 5.97 Å². The average Bonchev–Trinajstić information content (AvgIpc) is 3.03. The molecule has 0 spiro atoms. The van der Waals surface area contributed by atoms with Crippen molar-refractivity contribution in [1.82, 2.24) is 0 Å². The van der Waals surface area contributed by atoms with Crippen LogP contribution in [0.2, 0.25) is 0 Å². The van der Waals surface area contributed by atoms with Gasteiger partial charge in [0.1, 0.15) is 11.5 Å². The molecular weight excluding hydrogens is 264 g/mol. The highest BCUT2D eigenvalue weighted by molar-refractivity contribution is 5.87. The zero-order valence-electron chi connectivity index (χ0n) is 11.8. The predicted octanol–water partition coefficient (Wildman–Crippen LogP) is 4.83. The maximum absolute atomic E-state index is 10.8. The van der Waals surface area contributed by atoms with Crippen LogP contribution in [0.5, 0.6) is 11.5 Å². The Bertz CT molecular complexity index is 608. The van der Waals surface area contributed by atoms with Crippen LogP contribution in [0.1, 0.15) is 47.5 Å². The summed E-state index contributed by atoms with van der Waals surface area (Å²) in [6.07, 6.45) is 5.24. The molecule has 0 amide bonds.